The van der Waals surface area contributed by atoms with Gasteiger partial charge in [0.15, 0.2) is 5.41 Å². The van der Waals surface area contributed by atoms with Crippen molar-refractivity contribution < 1.29 is 19.4 Å². The molecule has 0 saturated heterocycles. The molecule has 1 heterocycles. The highest BCUT2D eigenvalue weighted by Crippen LogP contribution is 2.34. The standard InChI is InChI=1S/C14H22N2O4/c1-5-16-9-11(8-15-16)7-14(10(3)4,12(17)18)13(19)20-6-2/h8-10H,5-7H2,1-4H3,(H,17,18). The van der Waals surface area contributed by atoms with Crippen LogP contribution in [0, 0.1) is 11.3 Å². The van der Waals surface area contributed by atoms with Crippen LogP contribution < -0.4 is 0 Å². The molecule has 1 aromatic heterocycles. The average molecular weight is 282 g/mol. The van der Waals surface area contributed by atoms with Crippen molar-refractivity contribution in [2.75, 3.05) is 6.61 Å². The summed E-state index contributed by atoms with van der Waals surface area (Å²) in [6.07, 6.45) is 3.45. The molecule has 1 atom stereocenters. The largest absolute Gasteiger partial charge is 0.480 e. The number of hydrogen-bond acceptors (Lipinski definition) is 4. The third kappa shape index (κ3) is 3.00. The molecule has 1 rings (SSSR count). The third-order valence-corrected chi connectivity index (χ3v) is 3.50. The smallest absolute Gasteiger partial charge is 0.324 e. The zero-order chi connectivity index (χ0) is 15.3. The second-order valence-corrected chi connectivity index (χ2v) is 5.03. The number of nitrogens with zero attached hydrogens (tertiary/aromatic N) is 2. The zero-order valence-corrected chi connectivity index (χ0v) is 12.4. The summed E-state index contributed by atoms with van der Waals surface area (Å²) >= 11 is 0. The van der Waals surface area contributed by atoms with Crippen molar-refractivity contribution in [1.29, 1.82) is 0 Å². The summed E-state index contributed by atoms with van der Waals surface area (Å²) < 4.78 is 6.69. The Morgan fingerprint density at radius 3 is 2.50 bits per heavy atom. The highest BCUT2D eigenvalue weighted by molar-refractivity contribution is 5.99. The Bertz CT molecular complexity index is 481. The molecule has 0 aliphatic heterocycles. The lowest BCUT2D eigenvalue weighted by molar-refractivity contribution is -0.172. The molecule has 6 heteroatoms. The lowest BCUT2D eigenvalue weighted by Gasteiger charge is -2.30. The monoisotopic (exact) mass is 282 g/mol. The number of carboxylic acid groups (broad SMARTS) is 1. The van der Waals surface area contributed by atoms with Gasteiger partial charge in [-0.15, -0.1) is 0 Å². The number of hydrogen-bond donors (Lipinski definition) is 1. The van der Waals surface area contributed by atoms with E-state index in [0.717, 1.165) is 5.56 Å². The summed E-state index contributed by atoms with van der Waals surface area (Å²) in [5, 5.41) is 13.7. The number of aryl methyl sites for hydroxylation is 1. The van der Waals surface area contributed by atoms with E-state index in [4.69, 9.17) is 4.74 Å². The van der Waals surface area contributed by atoms with Crippen LogP contribution in [0.2, 0.25) is 0 Å². The molecule has 0 aliphatic carbocycles. The first-order valence-electron chi connectivity index (χ1n) is 6.80. The van der Waals surface area contributed by atoms with Gasteiger partial charge in [0.25, 0.3) is 0 Å². The molecule has 0 saturated carbocycles. The topological polar surface area (TPSA) is 81.4 Å². The van der Waals surface area contributed by atoms with Crippen LogP contribution in [0.25, 0.3) is 0 Å². The molecule has 0 amide bonds. The van der Waals surface area contributed by atoms with Crippen molar-refractivity contribution in [3.8, 4) is 0 Å². The van der Waals surface area contributed by atoms with E-state index in [1.54, 1.807) is 37.8 Å². The normalized spacial score (nSPS) is 14.1. The number of aliphatic carboxylic acids is 1. The summed E-state index contributed by atoms with van der Waals surface area (Å²) in [4.78, 5) is 23.9. The number of carbonyl (C=O) groups is 2. The first-order chi connectivity index (χ1) is 9.38. The van der Waals surface area contributed by atoms with E-state index in [9.17, 15) is 14.7 Å². The Morgan fingerprint density at radius 2 is 2.10 bits per heavy atom. The summed E-state index contributed by atoms with van der Waals surface area (Å²) in [5.74, 6) is -2.23. The van der Waals surface area contributed by atoms with Gasteiger partial charge >= 0.3 is 11.9 Å². The SMILES string of the molecule is CCOC(=O)C(Cc1cnn(CC)c1)(C(=O)O)C(C)C. The highest BCUT2D eigenvalue weighted by atomic mass is 16.5. The van der Waals surface area contributed by atoms with Gasteiger partial charge in [0.2, 0.25) is 0 Å². The molecule has 0 radical (unpaired) electrons. The predicted octanol–water partition coefficient (Wildman–Crippen LogP) is 1.74. The molecular weight excluding hydrogens is 260 g/mol. The van der Waals surface area contributed by atoms with Gasteiger partial charge in [0, 0.05) is 19.2 Å². The first-order valence-corrected chi connectivity index (χ1v) is 6.80. The van der Waals surface area contributed by atoms with Gasteiger partial charge in [-0.1, -0.05) is 13.8 Å². The summed E-state index contributed by atoms with van der Waals surface area (Å²) in [6.45, 7) is 7.90. The number of ether oxygens (including phenoxy) is 1. The van der Waals surface area contributed by atoms with E-state index < -0.39 is 17.4 Å². The molecular formula is C14H22N2O4. The van der Waals surface area contributed by atoms with Gasteiger partial charge < -0.3 is 9.84 Å². The van der Waals surface area contributed by atoms with E-state index >= 15 is 0 Å². The maximum absolute atomic E-state index is 12.2. The molecule has 0 bridgehead atoms. The second-order valence-electron chi connectivity index (χ2n) is 5.03. The van der Waals surface area contributed by atoms with Crippen LogP contribution in [0.5, 0.6) is 0 Å². The predicted molar refractivity (Wildman–Crippen MR) is 73.1 cm³/mol. The van der Waals surface area contributed by atoms with Crippen LogP contribution in [0.15, 0.2) is 12.4 Å². The second kappa shape index (κ2) is 6.54. The summed E-state index contributed by atoms with van der Waals surface area (Å²) in [5.41, 5.74) is -0.853. The van der Waals surface area contributed by atoms with E-state index in [-0.39, 0.29) is 18.9 Å². The van der Waals surface area contributed by atoms with Crippen LogP contribution in [-0.2, 0) is 27.3 Å². The van der Waals surface area contributed by atoms with Gasteiger partial charge in [-0.05, 0) is 25.3 Å². The molecule has 6 nitrogen and oxygen atoms in total. The summed E-state index contributed by atoms with van der Waals surface area (Å²) in [7, 11) is 0. The van der Waals surface area contributed by atoms with Crippen LogP contribution in [0.1, 0.15) is 33.3 Å². The Kier molecular flexibility index (Phi) is 5.30. The maximum atomic E-state index is 12.2. The van der Waals surface area contributed by atoms with Crippen molar-refractivity contribution in [3.63, 3.8) is 0 Å². The molecule has 1 N–H and O–H groups in total. The zero-order valence-electron chi connectivity index (χ0n) is 12.4. The van der Waals surface area contributed by atoms with Gasteiger partial charge in [0.1, 0.15) is 0 Å². The fourth-order valence-corrected chi connectivity index (χ4v) is 2.17. The molecule has 1 unspecified atom stereocenters. The lowest BCUT2D eigenvalue weighted by Crippen LogP contribution is -2.46. The Labute approximate surface area is 118 Å². The van der Waals surface area contributed by atoms with Gasteiger partial charge in [0.05, 0.1) is 12.8 Å². The Morgan fingerprint density at radius 1 is 1.45 bits per heavy atom. The fraction of sp³-hybridized carbons (Fsp3) is 0.643. The minimum atomic E-state index is -1.57. The van der Waals surface area contributed by atoms with Crippen molar-refractivity contribution in [1.82, 2.24) is 9.78 Å². The summed E-state index contributed by atoms with van der Waals surface area (Å²) in [6, 6.07) is 0. The minimum Gasteiger partial charge on any atom is -0.480 e. The quantitative estimate of drug-likeness (QED) is 0.608. The van der Waals surface area contributed by atoms with Crippen LogP contribution in [-0.4, -0.2) is 33.4 Å². The Hall–Kier alpha value is -1.85. The molecule has 0 aromatic carbocycles. The van der Waals surface area contributed by atoms with E-state index in [2.05, 4.69) is 5.10 Å². The van der Waals surface area contributed by atoms with Crippen molar-refractivity contribution in [3.05, 3.63) is 18.0 Å². The van der Waals surface area contributed by atoms with Crippen molar-refractivity contribution in [2.45, 2.75) is 40.7 Å². The maximum Gasteiger partial charge on any atom is 0.324 e. The molecule has 1 aromatic rings. The molecule has 112 valence electrons. The molecule has 0 fully saturated rings. The van der Waals surface area contributed by atoms with E-state index in [1.165, 1.54) is 0 Å². The number of aromatic nitrogens is 2. The van der Waals surface area contributed by atoms with Gasteiger partial charge in [-0.25, -0.2) is 0 Å². The van der Waals surface area contributed by atoms with Crippen LogP contribution >= 0.6 is 0 Å². The Balaban J connectivity index is 3.15. The van der Waals surface area contributed by atoms with Gasteiger partial charge in [-0.2, -0.15) is 5.10 Å². The molecule has 0 aliphatic rings. The van der Waals surface area contributed by atoms with Crippen molar-refractivity contribution in [2.24, 2.45) is 11.3 Å². The number of carbonyl (C=O) groups excluding carboxylic acids is 1. The molecule has 20 heavy (non-hydrogen) atoms. The number of carboxylic acids is 1. The van der Waals surface area contributed by atoms with Gasteiger partial charge in [-0.3, -0.25) is 14.3 Å². The minimum absolute atomic E-state index is 0.0822. The number of esters is 1. The fourth-order valence-electron chi connectivity index (χ4n) is 2.17. The lowest BCUT2D eigenvalue weighted by atomic mass is 9.73. The highest BCUT2D eigenvalue weighted by Gasteiger charge is 2.50. The van der Waals surface area contributed by atoms with E-state index in [1.807, 2.05) is 6.92 Å². The first kappa shape index (κ1) is 16.2. The number of rotatable bonds is 7. The van der Waals surface area contributed by atoms with Crippen LogP contribution in [0.3, 0.4) is 0 Å². The van der Waals surface area contributed by atoms with E-state index in [0.29, 0.717) is 6.54 Å². The van der Waals surface area contributed by atoms with Crippen molar-refractivity contribution >= 4 is 11.9 Å². The third-order valence-electron chi connectivity index (χ3n) is 3.50. The molecule has 0 spiro atoms. The average Bonchev–Trinajstić information content (AvgIpc) is 2.82. The van der Waals surface area contributed by atoms with Crippen LogP contribution in [0.4, 0.5) is 0 Å².